The van der Waals surface area contributed by atoms with E-state index >= 15 is 0 Å². The number of benzene rings is 1. The maximum atomic E-state index is 13.5. The van der Waals surface area contributed by atoms with Gasteiger partial charge in [-0.05, 0) is 12.3 Å². The summed E-state index contributed by atoms with van der Waals surface area (Å²) in [5, 5.41) is 0. The van der Waals surface area contributed by atoms with Crippen molar-refractivity contribution in [1.29, 1.82) is 0 Å². The van der Waals surface area contributed by atoms with Gasteiger partial charge in [0.05, 0.1) is 25.0 Å². The molecule has 0 aliphatic carbocycles. The minimum absolute atomic E-state index is 0.227. The Balaban J connectivity index is 2.47. The van der Waals surface area contributed by atoms with Gasteiger partial charge in [0.15, 0.2) is 23.3 Å². The molecule has 0 saturated carbocycles. The number of hydrogen-bond acceptors (Lipinski definition) is 4. The minimum atomic E-state index is -2.29. The highest BCUT2D eigenvalue weighted by molar-refractivity contribution is 5.77. The van der Waals surface area contributed by atoms with Crippen molar-refractivity contribution in [2.75, 3.05) is 6.61 Å². The normalized spacial score (nSPS) is 12.0. The molecule has 0 heterocycles. The Hall–Kier alpha value is -2.19. The van der Waals surface area contributed by atoms with Crippen LogP contribution < -0.4 is 0 Å². The van der Waals surface area contributed by atoms with Gasteiger partial charge in [-0.1, -0.05) is 33.1 Å². The molecule has 158 valence electrons. The Kier molecular flexibility index (Phi) is 9.89. The molecule has 0 saturated heterocycles. The molecule has 1 atom stereocenters. The van der Waals surface area contributed by atoms with Crippen LogP contribution in [0.4, 0.5) is 22.0 Å². The van der Waals surface area contributed by atoms with Gasteiger partial charge in [0.25, 0.3) is 0 Å². The molecule has 0 radical (unpaired) electrons. The van der Waals surface area contributed by atoms with Gasteiger partial charge >= 0.3 is 11.9 Å². The molecule has 0 bridgehead atoms. The molecule has 0 spiro atoms. The van der Waals surface area contributed by atoms with Crippen molar-refractivity contribution in [1.82, 2.24) is 0 Å². The van der Waals surface area contributed by atoms with Crippen molar-refractivity contribution in [3.8, 4) is 0 Å². The predicted molar refractivity (Wildman–Crippen MR) is 89.5 cm³/mol. The van der Waals surface area contributed by atoms with Crippen molar-refractivity contribution in [3.63, 3.8) is 0 Å². The van der Waals surface area contributed by atoms with E-state index in [0.717, 1.165) is 25.7 Å². The molecule has 1 aromatic rings. The molecule has 28 heavy (non-hydrogen) atoms. The van der Waals surface area contributed by atoms with Gasteiger partial charge in [0.2, 0.25) is 5.82 Å². The molecule has 1 rings (SSSR count). The summed E-state index contributed by atoms with van der Waals surface area (Å²) < 4.78 is 75.6. The van der Waals surface area contributed by atoms with Gasteiger partial charge < -0.3 is 9.47 Å². The number of carbonyl (C=O) groups excluding carboxylic acids is 2. The topological polar surface area (TPSA) is 52.6 Å². The van der Waals surface area contributed by atoms with Crippen LogP contribution in [0, 0.1) is 35.0 Å². The van der Waals surface area contributed by atoms with Crippen LogP contribution >= 0.6 is 0 Å². The van der Waals surface area contributed by atoms with E-state index in [1.54, 1.807) is 0 Å². The highest BCUT2D eigenvalue weighted by Gasteiger charge is 2.26. The summed E-state index contributed by atoms with van der Waals surface area (Å²) in [6, 6.07) is 0. The number of ether oxygens (including phenoxy) is 2. The number of hydrogen-bond donors (Lipinski definition) is 0. The van der Waals surface area contributed by atoms with E-state index < -0.39 is 59.6 Å². The van der Waals surface area contributed by atoms with E-state index in [2.05, 4.69) is 11.7 Å². The van der Waals surface area contributed by atoms with Crippen LogP contribution in [0.5, 0.6) is 0 Å². The first-order chi connectivity index (χ1) is 13.2. The molecule has 9 heteroatoms. The third-order valence-corrected chi connectivity index (χ3v) is 4.23. The standard InChI is InChI=1S/C19H23F5O4/c1-3-5-6-11(4-2)9-27-13(25)7-8-14(26)28-10-12-15(20)17(22)19(24)18(23)16(12)21/h11H,3-10H2,1-2H3. The first kappa shape index (κ1) is 23.8. The smallest absolute Gasteiger partial charge is 0.306 e. The quantitative estimate of drug-likeness (QED) is 0.224. The van der Waals surface area contributed by atoms with Crippen molar-refractivity contribution in [2.45, 2.75) is 59.0 Å². The average Bonchev–Trinajstić information content (AvgIpc) is 2.69. The Labute approximate surface area is 160 Å². The average molecular weight is 410 g/mol. The summed E-state index contributed by atoms with van der Waals surface area (Å²) >= 11 is 0. The molecular formula is C19H23F5O4. The number of unbranched alkanes of at least 4 members (excludes halogenated alkanes) is 1. The van der Waals surface area contributed by atoms with Gasteiger partial charge in [-0.25, -0.2) is 22.0 Å². The molecule has 1 unspecified atom stereocenters. The Morgan fingerprint density at radius 1 is 0.821 bits per heavy atom. The number of esters is 2. The monoisotopic (exact) mass is 410 g/mol. The summed E-state index contributed by atoms with van der Waals surface area (Å²) in [6.45, 7) is 3.12. The number of carbonyl (C=O) groups is 2. The Morgan fingerprint density at radius 3 is 1.82 bits per heavy atom. The second-order valence-electron chi connectivity index (χ2n) is 6.31. The van der Waals surface area contributed by atoms with E-state index in [9.17, 15) is 31.5 Å². The lowest BCUT2D eigenvalue weighted by atomic mass is 10.0. The number of rotatable bonds is 11. The first-order valence-electron chi connectivity index (χ1n) is 9.04. The van der Waals surface area contributed by atoms with Crippen molar-refractivity contribution >= 4 is 11.9 Å². The van der Waals surface area contributed by atoms with Crippen LogP contribution in [-0.4, -0.2) is 18.5 Å². The Bertz CT molecular complexity index is 664. The van der Waals surface area contributed by atoms with E-state index in [4.69, 9.17) is 4.74 Å². The zero-order valence-electron chi connectivity index (χ0n) is 15.8. The van der Waals surface area contributed by atoms with Gasteiger partial charge in [-0.15, -0.1) is 0 Å². The van der Waals surface area contributed by atoms with E-state index in [1.807, 2.05) is 6.92 Å². The Morgan fingerprint density at radius 2 is 1.32 bits per heavy atom. The van der Waals surface area contributed by atoms with Gasteiger partial charge in [-0.3, -0.25) is 9.59 Å². The zero-order chi connectivity index (χ0) is 21.3. The lowest BCUT2D eigenvalue weighted by molar-refractivity contribution is -0.151. The minimum Gasteiger partial charge on any atom is -0.465 e. The fraction of sp³-hybridized carbons (Fsp3) is 0.579. The van der Waals surface area contributed by atoms with Crippen molar-refractivity contribution in [2.24, 2.45) is 5.92 Å². The summed E-state index contributed by atoms with van der Waals surface area (Å²) in [4.78, 5) is 23.2. The van der Waals surface area contributed by atoms with Crippen LogP contribution in [0.1, 0.15) is 57.9 Å². The summed E-state index contributed by atoms with van der Waals surface area (Å²) in [5.41, 5.74) is -1.26. The van der Waals surface area contributed by atoms with Gasteiger partial charge in [0.1, 0.15) is 6.61 Å². The van der Waals surface area contributed by atoms with Crippen LogP contribution in [0.2, 0.25) is 0 Å². The molecule has 1 aromatic carbocycles. The molecule has 0 aromatic heterocycles. The van der Waals surface area contributed by atoms with Crippen molar-refractivity contribution in [3.05, 3.63) is 34.6 Å². The summed E-state index contributed by atoms with van der Waals surface area (Å²) in [6.07, 6.45) is 3.04. The van der Waals surface area contributed by atoms with Crippen molar-refractivity contribution < 1.29 is 41.0 Å². The van der Waals surface area contributed by atoms with Gasteiger partial charge in [0, 0.05) is 0 Å². The molecule has 0 aliphatic rings. The largest absolute Gasteiger partial charge is 0.465 e. The lowest BCUT2D eigenvalue weighted by Gasteiger charge is -2.14. The highest BCUT2D eigenvalue weighted by atomic mass is 19.2. The van der Waals surface area contributed by atoms with E-state index in [1.165, 1.54) is 0 Å². The third-order valence-electron chi connectivity index (χ3n) is 4.23. The van der Waals surface area contributed by atoms with Crippen LogP contribution in [-0.2, 0) is 25.7 Å². The molecule has 0 amide bonds. The predicted octanol–water partition coefficient (Wildman–Crippen LogP) is 4.97. The second kappa shape index (κ2) is 11.6. The third kappa shape index (κ3) is 6.76. The summed E-state index contributed by atoms with van der Waals surface area (Å²) in [7, 11) is 0. The highest BCUT2D eigenvalue weighted by Crippen LogP contribution is 2.23. The maximum absolute atomic E-state index is 13.5. The molecule has 0 N–H and O–H groups in total. The fourth-order valence-electron chi connectivity index (χ4n) is 2.39. The lowest BCUT2D eigenvalue weighted by Crippen LogP contribution is -2.16. The molecule has 0 fully saturated rings. The number of halogens is 5. The first-order valence-corrected chi connectivity index (χ1v) is 9.04. The van der Waals surface area contributed by atoms with E-state index in [0.29, 0.717) is 0 Å². The van der Waals surface area contributed by atoms with Crippen LogP contribution in [0.15, 0.2) is 0 Å². The second-order valence-corrected chi connectivity index (χ2v) is 6.31. The molecule has 4 nitrogen and oxygen atoms in total. The molecular weight excluding hydrogens is 387 g/mol. The summed E-state index contributed by atoms with van der Waals surface area (Å²) in [5.74, 6) is -12.1. The zero-order valence-corrected chi connectivity index (χ0v) is 15.8. The SMILES string of the molecule is CCCCC(CC)COC(=O)CCC(=O)OCc1c(F)c(F)c(F)c(F)c1F. The fourth-order valence-corrected chi connectivity index (χ4v) is 2.39. The molecule has 0 aliphatic heterocycles. The van der Waals surface area contributed by atoms with E-state index in [-0.39, 0.29) is 18.9 Å². The van der Waals surface area contributed by atoms with Crippen LogP contribution in [0.3, 0.4) is 0 Å². The van der Waals surface area contributed by atoms with Crippen LogP contribution in [0.25, 0.3) is 0 Å². The van der Waals surface area contributed by atoms with Gasteiger partial charge in [-0.2, -0.15) is 0 Å². The maximum Gasteiger partial charge on any atom is 0.306 e.